The first-order valence-corrected chi connectivity index (χ1v) is 6.31. The quantitative estimate of drug-likeness (QED) is 0.662. The summed E-state index contributed by atoms with van der Waals surface area (Å²) in [6.07, 6.45) is 12.3. The van der Waals surface area contributed by atoms with E-state index < -0.39 is 0 Å². The van der Waals surface area contributed by atoms with Crippen LogP contribution in [0.5, 0.6) is 0 Å². The van der Waals surface area contributed by atoms with Crippen molar-refractivity contribution in [2.75, 3.05) is 13.1 Å². The fourth-order valence-corrected chi connectivity index (χ4v) is 3.71. The van der Waals surface area contributed by atoms with Crippen LogP contribution in [0.15, 0.2) is 12.2 Å². The third kappa shape index (κ3) is 1.63. The van der Waals surface area contributed by atoms with E-state index >= 15 is 0 Å². The van der Waals surface area contributed by atoms with E-state index in [2.05, 4.69) is 17.5 Å². The minimum absolute atomic E-state index is 0.965. The molecular weight excluding hydrogens is 170 g/mol. The zero-order valence-electron chi connectivity index (χ0n) is 8.91. The Balaban J connectivity index is 1.54. The number of piperidine rings is 1. The summed E-state index contributed by atoms with van der Waals surface area (Å²) < 4.78 is 0. The predicted octanol–water partition coefficient (Wildman–Crippen LogP) is 2.59. The average molecular weight is 191 g/mol. The molecule has 0 aromatic carbocycles. The van der Waals surface area contributed by atoms with Gasteiger partial charge in [-0.3, -0.25) is 0 Å². The van der Waals surface area contributed by atoms with Crippen LogP contribution in [0.1, 0.15) is 32.1 Å². The van der Waals surface area contributed by atoms with Crippen molar-refractivity contribution < 1.29 is 0 Å². The minimum Gasteiger partial charge on any atom is -0.317 e. The topological polar surface area (TPSA) is 12.0 Å². The van der Waals surface area contributed by atoms with Gasteiger partial charge in [0.1, 0.15) is 0 Å². The first kappa shape index (κ1) is 8.96. The molecule has 1 heterocycles. The summed E-state index contributed by atoms with van der Waals surface area (Å²) in [5.41, 5.74) is 0. The number of hydrogen-bond donors (Lipinski definition) is 1. The summed E-state index contributed by atoms with van der Waals surface area (Å²) in [4.78, 5) is 0. The third-order valence-corrected chi connectivity index (χ3v) is 4.51. The molecule has 2 aliphatic carbocycles. The highest BCUT2D eigenvalue weighted by molar-refractivity contribution is 5.10. The summed E-state index contributed by atoms with van der Waals surface area (Å²) >= 11 is 0. The molecule has 14 heavy (non-hydrogen) atoms. The van der Waals surface area contributed by atoms with E-state index in [0.717, 1.165) is 23.7 Å². The fraction of sp³-hybridized carbons (Fsp3) is 0.846. The monoisotopic (exact) mass is 191 g/mol. The van der Waals surface area contributed by atoms with Gasteiger partial charge in [0.05, 0.1) is 0 Å². The highest BCUT2D eigenvalue weighted by atomic mass is 14.9. The van der Waals surface area contributed by atoms with Crippen molar-refractivity contribution >= 4 is 0 Å². The molecule has 1 nitrogen and oxygen atoms in total. The molecule has 1 N–H and O–H groups in total. The van der Waals surface area contributed by atoms with Crippen LogP contribution in [0.25, 0.3) is 0 Å². The highest BCUT2D eigenvalue weighted by Crippen LogP contribution is 2.46. The molecule has 3 rings (SSSR count). The molecule has 3 atom stereocenters. The predicted molar refractivity (Wildman–Crippen MR) is 59.1 cm³/mol. The van der Waals surface area contributed by atoms with Gasteiger partial charge in [0.2, 0.25) is 0 Å². The lowest BCUT2D eigenvalue weighted by Crippen LogP contribution is -2.29. The Morgan fingerprint density at radius 1 is 1.07 bits per heavy atom. The Morgan fingerprint density at radius 2 is 1.93 bits per heavy atom. The molecule has 0 amide bonds. The van der Waals surface area contributed by atoms with E-state index in [0.29, 0.717) is 0 Å². The molecule has 1 saturated heterocycles. The summed E-state index contributed by atoms with van der Waals surface area (Å²) in [5, 5.41) is 3.46. The second-order valence-corrected chi connectivity index (χ2v) is 5.47. The largest absolute Gasteiger partial charge is 0.317 e. The Bertz CT molecular complexity index is 227. The maximum Gasteiger partial charge on any atom is -0.00463 e. The molecule has 0 spiro atoms. The van der Waals surface area contributed by atoms with Gasteiger partial charge < -0.3 is 5.32 Å². The maximum atomic E-state index is 3.46. The van der Waals surface area contributed by atoms with E-state index in [1.807, 2.05) is 0 Å². The molecule has 1 saturated carbocycles. The van der Waals surface area contributed by atoms with Gasteiger partial charge in [-0.05, 0) is 68.9 Å². The van der Waals surface area contributed by atoms with E-state index in [1.54, 1.807) is 0 Å². The minimum atomic E-state index is 0.965. The van der Waals surface area contributed by atoms with Crippen molar-refractivity contribution in [2.24, 2.45) is 23.7 Å². The number of rotatable bonds is 2. The van der Waals surface area contributed by atoms with Gasteiger partial charge >= 0.3 is 0 Å². The SMILES string of the molecule is C1=CC2CC1CC2CC1CCNCC1. The Hall–Kier alpha value is -0.300. The van der Waals surface area contributed by atoms with Crippen molar-refractivity contribution in [1.82, 2.24) is 5.32 Å². The molecular formula is C13H21N. The van der Waals surface area contributed by atoms with Crippen LogP contribution in [0, 0.1) is 23.7 Å². The lowest BCUT2D eigenvalue weighted by atomic mass is 9.81. The molecule has 1 aliphatic heterocycles. The zero-order chi connectivity index (χ0) is 9.38. The molecule has 78 valence electrons. The molecule has 3 unspecified atom stereocenters. The van der Waals surface area contributed by atoms with Crippen molar-refractivity contribution in [2.45, 2.75) is 32.1 Å². The van der Waals surface area contributed by atoms with E-state index in [4.69, 9.17) is 0 Å². The van der Waals surface area contributed by atoms with Gasteiger partial charge in [-0.15, -0.1) is 0 Å². The van der Waals surface area contributed by atoms with Crippen LogP contribution >= 0.6 is 0 Å². The molecule has 0 aromatic rings. The van der Waals surface area contributed by atoms with Crippen LogP contribution in [-0.2, 0) is 0 Å². The Morgan fingerprint density at radius 3 is 2.57 bits per heavy atom. The summed E-state index contributed by atoms with van der Waals surface area (Å²) in [5.74, 6) is 4.02. The van der Waals surface area contributed by atoms with Crippen LogP contribution in [0.3, 0.4) is 0 Å². The first-order valence-electron chi connectivity index (χ1n) is 6.31. The van der Waals surface area contributed by atoms with Crippen LogP contribution in [-0.4, -0.2) is 13.1 Å². The lowest BCUT2D eigenvalue weighted by molar-refractivity contribution is 0.276. The van der Waals surface area contributed by atoms with Crippen LogP contribution < -0.4 is 5.32 Å². The number of hydrogen-bond acceptors (Lipinski definition) is 1. The standard InChI is InChI=1S/C13H21N/c1-2-12-8-11(1)9-13(12)7-10-3-5-14-6-4-10/h1-2,10-14H,3-9H2. The van der Waals surface area contributed by atoms with Gasteiger partial charge in [-0.2, -0.15) is 0 Å². The molecule has 3 aliphatic rings. The van der Waals surface area contributed by atoms with Crippen molar-refractivity contribution in [3.05, 3.63) is 12.2 Å². The molecule has 1 heteroatoms. The zero-order valence-corrected chi connectivity index (χ0v) is 8.91. The van der Waals surface area contributed by atoms with E-state index in [-0.39, 0.29) is 0 Å². The fourth-order valence-electron chi connectivity index (χ4n) is 3.71. The lowest BCUT2D eigenvalue weighted by Gasteiger charge is -2.27. The second kappa shape index (κ2) is 3.69. The Kier molecular flexibility index (Phi) is 2.36. The van der Waals surface area contributed by atoms with Gasteiger partial charge in [-0.1, -0.05) is 12.2 Å². The van der Waals surface area contributed by atoms with E-state index in [9.17, 15) is 0 Å². The van der Waals surface area contributed by atoms with Gasteiger partial charge in [0.15, 0.2) is 0 Å². The summed E-state index contributed by atoms with van der Waals surface area (Å²) in [6.45, 7) is 2.53. The van der Waals surface area contributed by atoms with Gasteiger partial charge in [0.25, 0.3) is 0 Å². The third-order valence-electron chi connectivity index (χ3n) is 4.51. The smallest absolute Gasteiger partial charge is 0.00463 e. The molecule has 2 bridgehead atoms. The van der Waals surface area contributed by atoms with Gasteiger partial charge in [-0.25, -0.2) is 0 Å². The average Bonchev–Trinajstić information content (AvgIpc) is 2.81. The van der Waals surface area contributed by atoms with Crippen molar-refractivity contribution in [3.63, 3.8) is 0 Å². The normalized spacial score (nSPS) is 42.1. The maximum absolute atomic E-state index is 3.46. The molecule has 2 fully saturated rings. The van der Waals surface area contributed by atoms with Crippen LogP contribution in [0.4, 0.5) is 0 Å². The van der Waals surface area contributed by atoms with Gasteiger partial charge in [0, 0.05) is 0 Å². The number of allylic oxidation sites excluding steroid dienone is 2. The van der Waals surface area contributed by atoms with Crippen molar-refractivity contribution in [3.8, 4) is 0 Å². The van der Waals surface area contributed by atoms with Crippen LogP contribution in [0.2, 0.25) is 0 Å². The van der Waals surface area contributed by atoms with Crippen molar-refractivity contribution in [1.29, 1.82) is 0 Å². The molecule has 0 radical (unpaired) electrons. The summed E-state index contributed by atoms with van der Waals surface area (Å²) in [7, 11) is 0. The molecule has 0 aromatic heterocycles. The second-order valence-electron chi connectivity index (χ2n) is 5.47. The Labute approximate surface area is 87.0 Å². The van der Waals surface area contributed by atoms with E-state index in [1.165, 1.54) is 45.2 Å². The highest BCUT2D eigenvalue weighted by Gasteiger charge is 2.36. The summed E-state index contributed by atoms with van der Waals surface area (Å²) in [6, 6.07) is 0. The number of fused-ring (bicyclic) bond motifs is 2. The first-order chi connectivity index (χ1) is 6.92. The number of nitrogens with one attached hydrogen (secondary N) is 1.